The van der Waals surface area contributed by atoms with E-state index in [0.29, 0.717) is 5.75 Å². The molecule has 0 fully saturated rings. The highest BCUT2D eigenvalue weighted by Gasteiger charge is 2.22. The number of thioether (sulfide) groups is 1. The van der Waals surface area contributed by atoms with Gasteiger partial charge >= 0.3 is 5.97 Å². The van der Waals surface area contributed by atoms with Crippen molar-refractivity contribution in [2.24, 2.45) is 0 Å². The van der Waals surface area contributed by atoms with Crippen LogP contribution >= 0.6 is 11.8 Å². The van der Waals surface area contributed by atoms with E-state index < -0.39 is 21.7 Å². The molecule has 0 radical (unpaired) electrons. The highest BCUT2D eigenvalue weighted by molar-refractivity contribution is 7.99. The number of carbonyl (C=O) groups is 2. The molecule has 1 amide bonds. The van der Waals surface area contributed by atoms with Crippen molar-refractivity contribution in [2.75, 3.05) is 18.1 Å². The van der Waals surface area contributed by atoms with Gasteiger partial charge in [0.05, 0.1) is 22.7 Å². The molecule has 0 bridgehead atoms. The Hall–Kier alpha value is -2.26. The van der Waals surface area contributed by atoms with E-state index in [9.17, 15) is 18.0 Å². The number of carboxylic acids is 1. The molecule has 0 saturated heterocycles. The predicted octanol–water partition coefficient (Wildman–Crippen LogP) is 1.80. The summed E-state index contributed by atoms with van der Waals surface area (Å²) in [5.74, 6) is -1.46. The number of aliphatic carboxylic acids is 1. The van der Waals surface area contributed by atoms with E-state index >= 15 is 0 Å². The molecule has 1 heterocycles. The summed E-state index contributed by atoms with van der Waals surface area (Å²) in [5, 5.41) is 11.1. The van der Waals surface area contributed by atoms with Crippen LogP contribution in [0.1, 0.15) is 16.1 Å². The predicted molar refractivity (Wildman–Crippen MR) is 93.3 cm³/mol. The number of rotatable bonds is 9. The minimum atomic E-state index is -3.59. The van der Waals surface area contributed by atoms with E-state index in [0.717, 1.165) is 0 Å². The summed E-state index contributed by atoms with van der Waals surface area (Å²) in [6.07, 6.45) is 1.27. The molecule has 0 spiro atoms. The first-order chi connectivity index (χ1) is 11.9. The molecule has 9 heteroatoms. The Morgan fingerprint density at radius 1 is 1.16 bits per heavy atom. The van der Waals surface area contributed by atoms with Crippen molar-refractivity contribution in [1.29, 1.82) is 0 Å². The van der Waals surface area contributed by atoms with Crippen LogP contribution < -0.4 is 5.32 Å². The molecule has 134 valence electrons. The summed E-state index contributed by atoms with van der Waals surface area (Å²) in [4.78, 5) is 22.7. The Labute approximate surface area is 149 Å². The van der Waals surface area contributed by atoms with Crippen LogP contribution in [0.15, 0.2) is 52.0 Å². The van der Waals surface area contributed by atoms with E-state index in [1.165, 1.54) is 36.2 Å². The maximum absolute atomic E-state index is 12.4. The molecular formula is C16H17NO6S2. The summed E-state index contributed by atoms with van der Waals surface area (Å²) < 4.78 is 29.9. The number of sulfone groups is 1. The summed E-state index contributed by atoms with van der Waals surface area (Å²) in [5.41, 5.74) is 0.277. The van der Waals surface area contributed by atoms with Crippen LogP contribution in [0, 0.1) is 0 Å². The first-order valence-electron chi connectivity index (χ1n) is 7.32. The molecule has 0 aliphatic heterocycles. The van der Waals surface area contributed by atoms with Gasteiger partial charge in [-0.2, -0.15) is 0 Å². The van der Waals surface area contributed by atoms with Gasteiger partial charge in [0.15, 0.2) is 15.6 Å². The molecule has 7 nitrogen and oxygen atoms in total. The highest BCUT2D eigenvalue weighted by Crippen LogP contribution is 2.19. The molecule has 25 heavy (non-hydrogen) atoms. The molecular weight excluding hydrogens is 366 g/mol. The van der Waals surface area contributed by atoms with Gasteiger partial charge in [-0.05, 0) is 18.2 Å². The van der Waals surface area contributed by atoms with E-state index in [4.69, 9.17) is 9.52 Å². The maximum Gasteiger partial charge on any atom is 0.313 e. The van der Waals surface area contributed by atoms with Crippen LogP contribution in [-0.4, -0.2) is 43.5 Å². The van der Waals surface area contributed by atoms with Crippen LogP contribution in [0.2, 0.25) is 0 Å². The SMILES string of the molecule is O=C(O)CSCCNC(=O)c1occc1CS(=O)(=O)c1ccccc1. The average Bonchev–Trinajstić information content (AvgIpc) is 3.02. The fraction of sp³-hybridized carbons (Fsp3) is 0.250. The topological polar surface area (TPSA) is 114 Å². The molecule has 0 aliphatic rings. The monoisotopic (exact) mass is 383 g/mol. The first kappa shape index (κ1) is 19.1. The van der Waals surface area contributed by atoms with Gasteiger partial charge in [0.2, 0.25) is 0 Å². The zero-order chi connectivity index (χ0) is 18.3. The van der Waals surface area contributed by atoms with Gasteiger partial charge < -0.3 is 14.8 Å². The van der Waals surface area contributed by atoms with Crippen LogP contribution in [0.3, 0.4) is 0 Å². The fourth-order valence-corrected chi connectivity index (χ4v) is 3.98. The molecule has 2 rings (SSSR count). The standard InChI is InChI=1S/C16H17NO6S2/c18-14(19)10-24-9-7-17-16(20)15-12(6-8-23-15)11-25(21,22)13-4-2-1-3-5-13/h1-6,8H,7,9-11H2,(H,17,20)(H,18,19). The largest absolute Gasteiger partial charge is 0.481 e. The van der Waals surface area contributed by atoms with E-state index in [1.54, 1.807) is 18.2 Å². The lowest BCUT2D eigenvalue weighted by Crippen LogP contribution is -2.26. The van der Waals surface area contributed by atoms with Gasteiger partial charge in [0.25, 0.3) is 5.91 Å². The summed E-state index contributed by atoms with van der Waals surface area (Å²) in [6.45, 7) is 0.252. The van der Waals surface area contributed by atoms with E-state index in [2.05, 4.69) is 5.32 Å². The molecule has 0 aliphatic carbocycles. The molecule has 2 N–H and O–H groups in total. The minimum absolute atomic E-state index is 0.0445. The fourth-order valence-electron chi connectivity index (χ4n) is 2.04. The van der Waals surface area contributed by atoms with Gasteiger partial charge in [-0.25, -0.2) is 8.42 Å². The van der Waals surface area contributed by atoms with Gasteiger partial charge in [-0.3, -0.25) is 9.59 Å². The third-order valence-corrected chi connectivity index (χ3v) is 5.78. The minimum Gasteiger partial charge on any atom is -0.481 e. The summed E-state index contributed by atoms with van der Waals surface area (Å²) >= 11 is 1.17. The second-order valence-corrected chi connectivity index (χ2v) is 8.14. The van der Waals surface area contributed by atoms with Crippen molar-refractivity contribution in [1.82, 2.24) is 5.32 Å². The Bertz CT molecular complexity index is 829. The van der Waals surface area contributed by atoms with E-state index in [-0.39, 0.29) is 34.3 Å². The van der Waals surface area contributed by atoms with Crippen molar-refractivity contribution < 1.29 is 27.5 Å². The van der Waals surface area contributed by atoms with Crippen LogP contribution in [0.5, 0.6) is 0 Å². The van der Waals surface area contributed by atoms with Crippen LogP contribution in [-0.2, 0) is 20.4 Å². The molecule has 2 aromatic rings. The zero-order valence-electron chi connectivity index (χ0n) is 13.2. The average molecular weight is 383 g/mol. The number of furan rings is 1. The number of nitrogens with one attached hydrogen (secondary N) is 1. The smallest absolute Gasteiger partial charge is 0.313 e. The lowest BCUT2D eigenvalue weighted by molar-refractivity contribution is -0.133. The van der Waals surface area contributed by atoms with Crippen molar-refractivity contribution in [3.8, 4) is 0 Å². The van der Waals surface area contributed by atoms with Gasteiger partial charge in [-0.15, -0.1) is 11.8 Å². The second kappa shape index (κ2) is 8.72. The third kappa shape index (κ3) is 5.64. The summed E-state index contributed by atoms with van der Waals surface area (Å²) in [7, 11) is -3.59. The van der Waals surface area contributed by atoms with Crippen LogP contribution in [0.25, 0.3) is 0 Å². The van der Waals surface area contributed by atoms with E-state index in [1.807, 2.05) is 0 Å². The van der Waals surface area contributed by atoms with Crippen molar-refractivity contribution >= 4 is 33.5 Å². The third-order valence-electron chi connectivity index (χ3n) is 3.16. The Kier molecular flexibility index (Phi) is 6.65. The second-order valence-electron chi connectivity index (χ2n) is 5.05. The lowest BCUT2D eigenvalue weighted by Gasteiger charge is -2.06. The lowest BCUT2D eigenvalue weighted by atomic mass is 10.2. The van der Waals surface area contributed by atoms with Gasteiger partial charge in [0, 0.05) is 17.9 Å². The van der Waals surface area contributed by atoms with Crippen molar-refractivity contribution in [3.63, 3.8) is 0 Å². The Balaban J connectivity index is 1.98. The Morgan fingerprint density at radius 3 is 2.56 bits per heavy atom. The molecule has 0 unspecified atom stereocenters. The molecule has 0 atom stereocenters. The normalized spacial score (nSPS) is 11.2. The highest BCUT2D eigenvalue weighted by atomic mass is 32.2. The molecule has 1 aromatic heterocycles. The number of carboxylic acid groups (broad SMARTS) is 1. The molecule has 0 saturated carbocycles. The van der Waals surface area contributed by atoms with Crippen molar-refractivity contribution in [3.05, 3.63) is 54.0 Å². The number of amides is 1. The summed E-state index contributed by atoms with van der Waals surface area (Å²) in [6, 6.07) is 9.42. The number of hydrogen-bond acceptors (Lipinski definition) is 6. The first-order valence-corrected chi connectivity index (χ1v) is 10.1. The number of hydrogen-bond donors (Lipinski definition) is 2. The number of carbonyl (C=O) groups excluding carboxylic acids is 1. The zero-order valence-corrected chi connectivity index (χ0v) is 14.8. The van der Waals surface area contributed by atoms with Gasteiger partial charge in [0.1, 0.15) is 0 Å². The Morgan fingerprint density at radius 2 is 1.88 bits per heavy atom. The quantitative estimate of drug-likeness (QED) is 0.635. The number of benzene rings is 1. The van der Waals surface area contributed by atoms with Gasteiger partial charge in [-0.1, -0.05) is 18.2 Å². The van der Waals surface area contributed by atoms with Crippen molar-refractivity contribution in [2.45, 2.75) is 10.6 Å². The maximum atomic E-state index is 12.4. The van der Waals surface area contributed by atoms with Crippen LogP contribution in [0.4, 0.5) is 0 Å². The molecule has 1 aromatic carbocycles.